The molecule has 2 unspecified atom stereocenters. The summed E-state index contributed by atoms with van der Waals surface area (Å²) < 4.78 is 0. The Balaban J connectivity index is 2.21. The van der Waals surface area contributed by atoms with Crippen molar-refractivity contribution < 1.29 is 14.7 Å². The number of nitrogens with one attached hydrogen (secondary N) is 1. The third-order valence-electron chi connectivity index (χ3n) is 3.42. The number of phenolic OH excluding ortho intramolecular Hbond substituents is 1. The predicted octanol–water partition coefficient (Wildman–Crippen LogP) is 1.02. The van der Waals surface area contributed by atoms with Crippen molar-refractivity contribution >= 4 is 11.8 Å². The number of hydrogen-bond acceptors (Lipinski definition) is 3. The minimum Gasteiger partial charge on any atom is -0.508 e. The fraction of sp³-hybridized carbons (Fsp3) is 0.429. The first-order valence-corrected chi connectivity index (χ1v) is 6.41. The zero-order valence-electron chi connectivity index (χ0n) is 11.1. The molecule has 1 fully saturated rings. The van der Waals surface area contributed by atoms with Crippen molar-refractivity contribution in [1.82, 2.24) is 10.2 Å². The summed E-state index contributed by atoms with van der Waals surface area (Å²) in [7, 11) is 0. The number of carbonyl (C=O) groups excluding carboxylic acids is 2. The van der Waals surface area contributed by atoms with Crippen molar-refractivity contribution in [1.29, 1.82) is 0 Å². The van der Waals surface area contributed by atoms with Gasteiger partial charge in [-0.05, 0) is 31.0 Å². The van der Waals surface area contributed by atoms with Crippen LogP contribution in [0.15, 0.2) is 24.3 Å². The molecule has 1 aliphatic heterocycles. The van der Waals surface area contributed by atoms with Crippen molar-refractivity contribution in [3.05, 3.63) is 29.8 Å². The van der Waals surface area contributed by atoms with Gasteiger partial charge in [-0.3, -0.25) is 9.59 Å². The van der Waals surface area contributed by atoms with Crippen molar-refractivity contribution in [2.24, 2.45) is 0 Å². The maximum absolute atomic E-state index is 12.3. The molecule has 1 heterocycles. The van der Waals surface area contributed by atoms with E-state index in [1.54, 1.807) is 30.0 Å². The number of carbonyl (C=O) groups is 2. The van der Waals surface area contributed by atoms with Gasteiger partial charge in [0.1, 0.15) is 17.8 Å². The topological polar surface area (TPSA) is 69.6 Å². The highest BCUT2D eigenvalue weighted by Gasteiger charge is 2.36. The molecule has 0 saturated carbocycles. The maximum atomic E-state index is 12.3. The van der Waals surface area contributed by atoms with Gasteiger partial charge in [-0.2, -0.15) is 0 Å². The van der Waals surface area contributed by atoms with E-state index in [1.165, 1.54) is 0 Å². The molecule has 0 bridgehead atoms. The lowest BCUT2D eigenvalue weighted by atomic mass is 10.0. The number of phenols is 1. The first-order chi connectivity index (χ1) is 9.02. The average molecular weight is 262 g/mol. The summed E-state index contributed by atoms with van der Waals surface area (Å²) in [4.78, 5) is 25.6. The first-order valence-electron chi connectivity index (χ1n) is 6.41. The monoisotopic (exact) mass is 262 g/mol. The number of amides is 2. The van der Waals surface area contributed by atoms with E-state index in [2.05, 4.69) is 5.32 Å². The van der Waals surface area contributed by atoms with Crippen LogP contribution >= 0.6 is 0 Å². The van der Waals surface area contributed by atoms with Gasteiger partial charge in [0.25, 0.3) is 0 Å². The SMILES string of the molecule is CCC1NC(=O)C(C)N(Cc2cccc(O)c2)C1=O. The Bertz CT molecular complexity index is 501. The molecule has 2 atom stereocenters. The molecular formula is C14H18N2O3. The fourth-order valence-electron chi connectivity index (χ4n) is 2.23. The second-order valence-electron chi connectivity index (χ2n) is 4.78. The van der Waals surface area contributed by atoms with Gasteiger partial charge in [0.2, 0.25) is 11.8 Å². The minimum absolute atomic E-state index is 0.0713. The van der Waals surface area contributed by atoms with Crippen LogP contribution in [0.1, 0.15) is 25.8 Å². The first kappa shape index (κ1) is 13.4. The standard InChI is InChI=1S/C14H18N2O3/c1-3-12-14(19)16(9(2)13(18)15-12)8-10-5-4-6-11(17)7-10/h4-7,9,12,17H,3,8H2,1-2H3,(H,15,18). The summed E-state index contributed by atoms with van der Waals surface area (Å²) in [5.41, 5.74) is 0.810. The second kappa shape index (κ2) is 5.30. The van der Waals surface area contributed by atoms with Gasteiger partial charge >= 0.3 is 0 Å². The highest BCUT2D eigenvalue weighted by molar-refractivity contribution is 5.96. The molecule has 1 aliphatic rings. The Kier molecular flexibility index (Phi) is 3.74. The van der Waals surface area contributed by atoms with E-state index in [9.17, 15) is 14.7 Å². The van der Waals surface area contributed by atoms with Crippen molar-refractivity contribution in [2.45, 2.75) is 38.9 Å². The summed E-state index contributed by atoms with van der Waals surface area (Å²) in [6.07, 6.45) is 0.577. The highest BCUT2D eigenvalue weighted by Crippen LogP contribution is 2.18. The Morgan fingerprint density at radius 1 is 1.37 bits per heavy atom. The van der Waals surface area contributed by atoms with Crippen molar-refractivity contribution in [3.63, 3.8) is 0 Å². The molecule has 1 saturated heterocycles. The maximum Gasteiger partial charge on any atom is 0.246 e. The molecule has 0 spiro atoms. The van der Waals surface area contributed by atoms with Gasteiger partial charge in [-0.15, -0.1) is 0 Å². The summed E-state index contributed by atoms with van der Waals surface area (Å²) in [5.74, 6) is -0.0457. The zero-order valence-corrected chi connectivity index (χ0v) is 11.1. The number of piperazine rings is 1. The van der Waals surface area contributed by atoms with Gasteiger partial charge < -0.3 is 15.3 Å². The molecular weight excluding hydrogens is 244 g/mol. The molecule has 1 aromatic rings. The summed E-state index contributed by atoms with van der Waals surface area (Å²) >= 11 is 0. The number of hydrogen-bond donors (Lipinski definition) is 2. The van der Waals surface area contributed by atoms with E-state index in [0.29, 0.717) is 13.0 Å². The molecule has 19 heavy (non-hydrogen) atoms. The Labute approximate surface area is 112 Å². The third-order valence-corrected chi connectivity index (χ3v) is 3.42. The van der Waals surface area contributed by atoms with Gasteiger partial charge in [-0.1, -0.05) is 19.1 Å². The molecule has 2 rings (SSSR count). The van der Waals surface area contributed by atoms with Crippen LogP contribution in [0, 0.1) is 0 Å². The van der Waals surface area contributed by atoms with Crippen LogP contribution in [-0.2, 0) is 16.1 Å². The van der Waals surface area contributed by atoms with Gasteiger partial charge in [0, 0.05) is 6.54 Å². The number of rotatable bonds is 3. The molecule has 102 valence electrons. The normalized spacial score (nSPS) is 23.4. The number of nitrogens with zero attached hydrogens (tertiary/aromatic N) is 1. The van der Waals surface area contributed by atoms with Crippen LogP contribution in [0.25, 0.3) is 0 Å². The quantitative estimate of drug-likeness (QED) is 0.854. The molecule has 5 nitrogen and oxygen atoms in total. The van der Waals surface area contributed by atoms with Crippen LogP contribution in [0.3, 0.4) is 0 Å². The average Bonchev–Trinajstić information content (AvgIpc) is 2.39. The van der Waals surface area contributed by atoms with E-state index in [1.807, 2.05) is 13.0 Å². The van der Waals surface area contributed by atoms with E-state index < -0.39 is 12.1 Å². The summed E-state index contributed by atoms with van der Waals surface area (Å²) in [6.45, 7) is 3.91. The Morgan fingerprint density at radius 3 is 2.74 bits per heavy atom. The smallest absolute Gasteiger partial charge is 0.246 e. The lowest BCUT2D eigenvalue weighted by molar-refractivity contribution is -0.149. The van der Waals surface area contributed by atoms with Crippen LogP contribution in [0.2, 0.25) is 0 Å². The third kappa shape index (κ3) is 2.70. The molecule has 0 radical (unpaired) electrons. The van der Waals surface area contributed by atoms with Gasteiger partial charge in [0.05, 0.1) is 0 Å². The Hall–Kier alpha value is -2.04. The van der Waals surface area contributed by atoms with Gasteiger partial charge in [0.15, 0.2) is 0 Å². The van der Waals surface area contributed by atoms with Crippen LogP contribution in [-0.4, -0.2) is 33.9 Å². The molecule has 0 aliphatic carbocycles. The lowest BCUT2D eigenvalue weighted by Gasteiger charge is -2.37. The lowest BCUT2D eigenvalue weighted by Crippen LogP contribution is -2.61. The largest absolute Gasteiger partial charge is 0.508 e. The zero-order chi connectivity index (χ0) is 14.0. The predicted molar refractivity (Wildman–Crippen MR) is 70.3 cm³/mol. The summed E-state index contributed by atoms with van der Waals surface area (Å²) in [5, 5.41) is 12.2. The molecule has 0 aromatic heterocycles. The highest BCUT2D eigenvalue weighted by atomic mass is 16.3. The number of benzene rings is 1. The number of aromatic hydroxyl groups is 1. The van der Waals surface area contributed by atoms with Crippen molar-refractivity contribution in [3.8, 4) is 5.75 Å². The molecule has 2 amide bonds. The van der Waals surface area contributed by atoms with Crippen LogP contribution in [0.4, 0.5) is 0 Å². The van der Waals surface area contributed by atoms with E-state index in [-0.39, 0.29) is 17.6 Å². The van der Waals surface area contributed by atoms with E-state index >= 15 is 0 Å². The second-order valence-corrected chi connectivity index (χ2v) is 4.78. The molecule has 5 heteroatoms. The van der Waals surface area contributed by atoms with E-state index in [0.717, 1.165) is 5.56 Å². The summed E-state index contributed by atoms with van der Waals surface area (Å²) in [6, 6.07) is 5.80. The van der Waals surface area contributed by atoms with Crippen LogP contribution < -0.4 is 5.32 Å². The van der Waals surface area contributed by atoms with Gasteiger partial charge in [-0.25, -0.2) is 0 Å². The fourth-order valence-corrected chi connectivity index (χ4v) is 2.23. The Morgan fingerprint density at radius 2 is 2.11 bits per heavy atom. The molecule has 2 N–H and O–H groups in total. The van der Waals surface area contributed by atoms with Crippen LogP contribution in [0.5, 0.6) is 5.75 Å². The van der Waals surface area contributed by atoms with E-state index in [4.69, 9.17) is 0 Å². The van der Waals surface area contributed by atoms with Crippen molar-refractivity contribution in [2.75, 3.05) is 0 Å². The molecule has 1 aromatic carbocycles. The minimum atomic E-state index is -0.488.